The van der Waals surface area contributed by atoms with Gasteiger partial charge in [0.1, 0.15) is 0 Å². The van der Waals surface area contributed by atoms with Gasteiger partial charge in [0.25, 0.3) is 0 Å². The minimum absolute atomic E-state index is 0.296. The topological polar surface area (TPSA) is 40.5 Å². The molecule has 0 bridgehead atoms. The van der Waals surface area contributed by atoms with Gasteiger partial charge in [0.05, 0.1) is 12.2 Å². The molecule has 0 radical (unpaired) electrons. The second-order valence-electron chi connectivity index (χ2n) is 2.61. The predicted molar refractivity (Wildman–Crippen MR) is 30.4 cm³/mol. The molecule has 0 amide bonds. The van der Waals surface area contributed by atoms with E-state index in [1.54, 1.807) is 0 Å². The highest BCUT2D eigenvalue weighted by molar-refractivity contribution is 4.80. The molecule has 0 aromatic carbocycles. The van der Waals surface area contributed by atoms with Gasteiger partial charge in [-0.2, -0.15) is 0 Å². The first-order valence-corrected chi connectivity index (χ1v) is 3.08. The van der Waals surface area contributed by atoms with Crippen LogP contribution in [0.2, 0.25) is 0 Å². The quantitative estimate of drug-likeness (QED) is 0.472. The van der Waals surface area contributed by atoms with E-state index < -0.39 is 12.2 Å². The van der Waals surface area contributed by atoms with Crippen molar-refractivity contribution in [1.82, 2.24) is 0 Å². The predicted octanol–water partition coefficient (Wildman–Crippen LogP) is 0.138. The second-order valence-corrected chi connectivity index (χ2v) is 2.61. The van der Waals surface area contributed by atoms with Crippen molar-refractivity contribution in [3.63, 3.8) is 0 Å². The van der Waals surface area contributed by atoms with Crippen LogP contribution in [-0.4, -0.2) is 22.4 Å². The molecule has 0 heterocycles. The summed E-state index contributed by atoms with van der Waals surface area (Å²) in [5.74, 6) is 0.296. The molecule has 0 aliphatic heterocycles. The lowest BCUT2D eigenvalue weighted by molar-refractivity contribution is 0.0245. The molecule has 2 nitrogen and oxygen atoms in total. The van der Waals surface area contributed by atoms with Crippen LogP contribution < -0.4 is 0 Å². The lowest BCUT2D eigenvalue weighted by Crippen LogP contribution is -2.22. The van der Waals surface area contributed by atoms with E-state index in [1.165, 1.54) is 0 Å². The van der Waals surface area contributed by atoms with Crippen LogP contribution in [0.15, 0.2) is 0 Å². The Labute approximate surface area is 49.1 Å². The Morgan fingerprint density at radius 2 is 1.88 bits per heavy atom. The third-order valence-electron chi connectivity index (χ3n) is 1.90. The van der Waals surface area contributed by atoms with Crippen molar-refractivity contribution in [3.05, 3.63) is 0 Å². The number of aliphatic hydroxyl groups excluding tert-OH is 2. The van der Waals surface area contributed by atoms with E-state index in [4.69, 9.17) is 10.2 Å². The number of rotatable bonds is 0. The highest BCUT2D eigenvalue weighted by Crippen LogP contribution is 2.24. The van der Waals surface area contributed by atoms with E-state index in [2.05, 4.69) is 0 Å². The first-order valence-electron chi connectivity index (χ1n) is 3.08. The summed E-state index contributed by atoms with van der Waals surface area (Å²) in [6.07, 6.45) is 0.810. The van der Waals surface area contributed by atoms with Gasteiger partial charge < -0.3 is 10.2 Å². The highest BCUT2D eigenvalue weighted by Gasteiger charge is 2.29. The van der Waals surface area contributed by atoms with Crippen LogP contribution in [0.25, 0.3) is 0 Å². The van der Waals surface area contributed by atoms with Crippen molar-refractivity contribution >= 4 is 0 Å². The molecule has 1 aliphatic rings. The van der Waals surface area contributed by atoms with Gasteiger partial charge in [0, 0.05) is 0 Å². The average Bonchev–Trinajstić information content (AvgIpc) is 1.98. The summed E-state index contributed by atoms with van der Waals surface area (Å²) >= 11 is 0. The molecule has 1 fully saturated rings. The molecule has 8 heavy (non-hydrogen) atoms. The third kappa shape index (κ3) is 0.858. The Kier molecular flexibility index (Phi) is 1.54. The molecule has 0 spiro atoms. The third-order valence-corrected chi connectivity index (χ3v) is 1.90. The van der Waals surface area contributed by atoms with Crippen LogP contribution in [0.4, 0.5) is 0 Å². The largest absolute Gasteiger partial charge is 0.390 e. The normalized spacial score (nSPS) is 47.6. The van der Waals surface area contributed by atoms with Gasteiger partial charge in [0.15, 0.2) is 0 Å². The summed E-state index contributed by atoms with van der Waals surface area (Å²) in [5.41, 5.74) is 0. The summed E-state index contributed by atoms with van der Waals surface area (Å²) in [4.78, 5) is 0. The van der Waals surface area contributed by atoms with Gasteiger partial charge in [-0.3, -0.25) is 0 Å². The zero-order valence-electron chi connectivity index (χ0n) is 5.04. The Hall–Kier alpha value is -0.0800. The van der Waals surface area contributed by atoms with Crippen LogP contribution in [0, 0.1) is 5.92 Å². The molecule has 48 valence electrons. The molecular weight excluding hydrogens is 104 g/mol. The monoisotopic (exact) mass is 116 g/mol. The molecule has 0 saturated heterocycles. The van der Waals surface area contributed by atoms with Crippen LogP contribution in [-0.2, 0) is 0 Å². The molecule has 1 saturated carbocycles. The highest BCUT2D eigenvalue weighted by atomic mass is 16.3. The van der Waals surface area contributed by atoms with Crippen molar-refractivity contribution in [2.75, 3.05) is 0 Å². The van der Waals surface area contributed by atoms with Crippen LogP contribution >= 0.6 is 0 Å². The summed E-state index contributed by atoms with van der Waals surface area (Å²) in [6, 6.07) is 0. The molecule has 0 aromatic heterocycles. The minimum Gasteiger partial charge on any atom is -0.390 e. The Morgan fingerprint density at radius 3 is 2.00 bits per heavy atom. The first-order chi connectivity index (χ1) is 3.72. The summed E-state index contributed by atoms with van der Waals surface area (Å²) < 4.78 is 0. The lowest BCUT2D eigenvalue weighted by atomic mass is 10.1. The van der Waals surface area contributed by atoms with E-state index in [0.717, 1.165) is 12.8 Å². The van der Waals surface area contributed by atoms with E-state index >= 15 is 0 Å². The SMILES string of the molecule is C[C@@H]1CC[C@@H](O)[C@H]1O. The van der Waals surface area contributed by atoms with Crippen molar-refractivity contribution in [2.24, 2.45) is 5.92 Å². The maximum atomic E-state index is 9.02. The number of hydrogen-bond donors (Lipinski definition) is 2. The van der Waals surface area contributed by atoms with E-state index in [1.807, 2.05) is 6.92 Å². The van der Waals surface area contributed by atoms with Crippen molar-refractivity contribution in [1.29, 1.82) is 0 Å². The van der Waals surface area contributed by atoms with Crippen molar-refractivity contribution in [3.8, 4) is 0 Å². The Balaban J connectivity index is 2.44. The minimum atomic E-state index is -0.463. The smallest absolute Gasteiger partial charge is 0.0824 e. The van der Waals surface area contributed by atoms with Gasteiger partial charge in [-0.05, 0) is 18.8 Å². The van der Waals surface area contributed by atoms with Gasteiger partial charge >= 0.3 is 0 Å². The van der Waals surface area contributed by atoms with Crippen LogP contribution in [0.3, 0.4) is 0 Å². The molecular formula is C6H12O2. The van der Waals surface area contributed by atoms with Crippen molar-refractivity contribution in [2.45, 2.75) is 32.0 Å². The maximum absolute atomic E-state index is 9.02. The van der Waals surface area contributed by atoms with Gasteiger partial charge in [-0.1, -0.05) is 6.92 Å². The van der Waals surface area contributed by atoms with Crippen LogP contribution in [0.5, 0.6) is 0 Å². The molecule has 1 rings (SSSR count). The fraction of sp³-hybridized carbons (Fsp3) is 1.00. The standard InChI is InChI=1S/C6H12O2/c1-4-2-3-5(7)6(4)8/h4-8H,2-3H2,1H3/t4-,5-,6+/m1/s1. The molecule has 2 heteroatoms. The first kappa shape index (κ1) is 6.05. The number of aliphatic hydroxyl groups is 2. The molecule has 2 N–H and O–H groups in total. The lowest BCUT2D eigenvalue weighted by Gasteiger charge is -2.09. The second kappa shape index (κ2) is 2.03. The Bertz CT molecular complexity index is 72.6. The van der Waals surface area contributed by atoms with Gasteiger partial charge in [-0.25, -0.2) is 0 Å². The van der Waals surface area contributed by atoms with Gasteiger partial charge in [-0.15, -0.1) is 0 Å². The van der Waals surface area contributed by atoms with E-state index in [9.17, 15) is 0 Å². The van der Waals surface area contributed by atoms with Gasteiger partial charge in [0.2, 0.25) is 0 Å². The molecule has 0 aromatic rings. The molecule has 1 aliphatic carbocycles. The van der Waals surface area contributed by atoms with E-state index in [-0.39, 0.29) is 0 Å². The fourth-order valence-electron chi connectivity index (χ4n) is 1.15. The maximum Gasteiger partial charge on any atom is 0.0824 e. The summed E-state index contributed by atoms with van der Waals surface area (Å²) in [6.45, 7) is 1.96. The zero-order chi connectivity index (χ0) is 6.15. The molecule has 0 unspecified atom stereocenters. The number of hydrogen-bond acceptors (Lipinski definition) is 2. The fourth-order valence-corrected chi connectivity index (χ4v) is 1.15. The zero-order valence-corrected chi connectivity index (χ0v) is 5.04. The summed E-state index contributed by atoms with van der Waals surface area (Å²) in [5, 5.41) is 17.9. The average molecular weight is 116 g/mol. The Morgan fingerprint density at radius 1 is 1.25 bits per heavy atom. The molecule has 3 atom stereocenters. The summed E-state index contributed by atoms with van der Waals surface area (Å²) in [7, 11) is 0. The van der Waals surface area contributed by atoms with Crippen LogP contribution in [0.1, 0.15) is 19.8 Å². The van der Waals surface area contributed by atoms with E-state index in [0.29, 0.717) is 5.92 Å². The van der Waals surface area contributed by atoms with Crippen molar-refractivity contribution < 1.29 is 10.2 Å².